The van der Waals surface area contributed by atoms with Gasteiger partial charge >= 0.3 is 6.72 Å². The number of hydrogen-bond acceptors (Lipinski definition) is 6. The molecule has 3 fully saturated rings. The summed E-state index contributed by atoms with van der Waals surface area (Å²) < 4.78 is 0. The molecule has 3 aliphatic heterocycles. The highest BCUT2D eigenvalue weighted by Gasteiger charge is 2.43. The molecular formula is C12H16N3O5PS. The molecule has 3 N–H and O–H groups in total. The van der Waals surface area contributed by atoms with Crippen molar-refractivity contribution in [1.29, 1.82) is 0 Å². The summed E-state index contributed by atoms with van der Waals surface area (Å²) in [5, 5.41) is 0. The summed E-state index contributed by atoms with van der Waals surface area (Å²) in [6.45, 7) is 1.60. The molecule has 8 nitrogen and oxygen atoms in total. The van der Waals surface area contributed by atoms with Crippen LogP contribution >= 0.6 is 6.72 Å². The fraction of sp³-hybridized carbons (Fsp3) is 0.500. The molecule has 0 aromatic carbocycles. The Morgan fingerprint density at radius 2 is 1.27 bits per heavy atom. The molecule has 120 valence electrons. The number of carbonyl (C=O) groups excluding carboxylic acids is 2. The second-order valence-electron chi connectivity index (χ2n) is 5.39. The van der Waals surface area contributed by atoms with Crippen LogP contribution in [0.2, 0.25) is 0 Å². The van der Waals surface area contributed by atoms with E-state index >= 15 is 0 Å². The van der Waals surface area contributed by atoms with Crippen molar-refractivity contribution in [3.05, 3.63) is 23.2 Å². The Bertz CT molecular complexity index is 635. The maximum absolute atomic E-state index is 12.4. The summed E-state index contributed by atoms with van der Waals surface area (Å²) >= 11 is 3.60. The molecule has 0 radical (unpaired) electrons. The Morgan fingerprint density at radius 3 is 1.68 bits per heavy atom. The Hall–Kier alpha value is -1.25. The molecule has 0 unspecified atom stereocenters. The van der Waals surface area contributed by atoms with E-state index in [9.17, 15) is 9.59 Å². The first-order valence-electron chi connectivity index (χ1n) is 6.84. The first-order valence-corrected chi connectivity index (χ1v) is 9.50. The van der Waals surface area contributed by atoms with Crippen molar-refractivity contribution < 1.29 is 24.3 Å². The minimum Gasteiger partial charge on any atom is -0.365 e. The fourth-order valence-corrected chi connectivity index (χ4v) is 2.28. The Labute approximate surface area is 132 Å². The van der Waals surface area contributed by atoms with Gasteiger partial charge in [-0.2, -0.15) is 0 Å². The summed E-state index contributed by atoms with van der Waals surface area (Å²) in [5.74, 6) is 0.0485. The molecule has 4 rings (SSSR count). The molecule has 0 bridgehead atoms. The molecule has 10 heteroatoms. The summed E-state index contributed by atoms with van der Waals surface area (Å²) in [5.41, 5.74) is 1.89. The third-order valence-electron chi connectivity index (χ3n) is 3.49. The minimum absolute atomic E-state index is 0.00546. The van der Waals surface area contributed by atoms with Crippen molar-refractivity contribution in [2.45, 2.75) is 0 Å². The van der Waals surface area contributed by atoms with Crippen LogP contribution < -0.4 is 0 Å². The number of carbonyl (C=O) groups is 2. The van der Waals surface area contributed by atoms with Gasteiger partial charge in [0.15, 0.2) is 0 Å². The van der Waals surface area contributed by atoms with Crippen LogP contribution in [0.5, 0.6) is 0 Å². The SMILES string of the molecule is O=C1C=C(N2CC2)C(=O)C(N2CC2)=C1N1CC1.OP(O)(O)=S. The number of Topliss-reactive ketones (excluding diaryl/α,β-unsaturated/α-hetero) is 1. The van der Waals surface area contributed by atoms with Crippen molar-refractivity contribution in [3.8, 4) is 0 Å². The third-order valence-corrected chi connectivity index (χ3v) is 3.49. The quantitative estimate of drug-likeness (QED) is 0.316. The third kappa shape index (κ3) is 3.74. The molecule has 1 aliphatic carbocycles. The lowest BCUT2D eigenvalue weighted by Gasteiger charge is -2.21. The van der Waals surface area contributed by atoms with Crippen LogP contribution in [0.3, 0.4) is 0 Å². The van der Waals surface area contributed by atoms with Gasteiger partial charge in [-0.05, 0) is 11.8 Å². The largest absolute Gasteiger partial charge is 0.365 e. The van der Waals surface area contributed by atoms with Gasteiger partial charge in [0.05, 0.1) is 5.70 Å². The van der Waals surface area contributed by atoms with Gasteiger partial charge in [-0.1, -0.05) is 0 Å². The van der Waals surface area contributed by atoms with E-state index in [1.807, 2.05) is 14.7 Å². The average Bonchev–Trinajstić information content (AvgIpc) is 3.24. The van der Waals surface area contributed by atoms with Gasteiger partial charge < -0.3 is 29.4 Å². The normalized spacial score (nSPS) is 23.2. The van der Waals surface area contributed by atoms with Crippen molar-refractivity contribution >= 4 is 30.1 Å². The van der Waals surface area contributed by atoms with Crippen LogP contribution in [0.15, 0.2) is 23.2 Å². The van der Waals surface area contributed by atoms with Gasteiger partial charge in [-0.15, -0.1) is 0 Å². The van der Waals surface area contributed by atoms with E-state index < -0.39 is 6.72 Å². The van der Waals surface area contributed by atoms with Crippen molar-refractivity contribution in [2.24, 2.45) is 0 Å². The number of rotatable bonds is 3. The molecule has 22 heavy (non-hydrogen) atoms. The standard InChI is InChI=1S/C12H13N3O2.H3O3PS/c16-9-7-8(13-1-2-13)12(17)11(15-5-6-15)10(9)14-3-4-14;1-4(2,3)5/h7H,1-6H2;(H3,1,2,3,5). The van der Waals surface area contributed by atoms with E-state index in [-0.39, 0.29) is 11.6 Å². The monoisotopic (exact) mass is 345 g/mol. The van der Waals surface area contributed by atoms with Gasteiger partial charge in [0, 0.05) is 45.3 Å². The van der Waals surface area contributed by atoms with Crippen LogP contribution in [0, 0.1) is 0 Å². The van der Waals surface area contributed by atoms with Crippen LogP contribution in [0.1, 0.15) is 0 Å². The fourth-order valence-electron chi connectivity index (χ4n) is 2.28. The zero-order valence-corrected chi connectivity index (χ0v) is 13.4. The van der Waals surface area contributed by atoms with Crippen molar-refractivity contribution in [2.75, 3.05) is 39.3 Å². The minimum atomic E-state index is -3.81. The number of hydrogen-bond donors (Lipinski definition) is 3. The van der Waals surface area contributed by atoms with E-state index in [4.69, 9.17) is 14.7 Å². The summed E-state index contributed by atoms with van der Waals surface area (Å²) in [6, 6.07) is 0. The Kier molecular flexibility index (Phi) is 3.86. The van der Waals surface area contributed by atoms with E-state index in [0.717, 1.165) is 39.3 Å². The lowest BCUT2D eigenvalue weighted by molar-refractivity contribution is -0.117. The molecule has 0 amide bonds. The molecule has 0 aromatic rings. The van der Waals surface area contributed by atoms with E-state index in [1.54, 1.807) is 0 Å². The van der Waals surface area contributed by atoms with Gasteiger partial charge in [0.1, 0.15) is 11.4 Å². The molecule has 0 aromatic heterocycles. The van der Waals surface area contributed by atoms with Gasteiger partial charge in [0.25, 0.3) is 0 Å². The highest BCUT2D eigenvalue weighted by molar-refractivity contribution is 8.06. The van der Waals surface area contributed by atoms with E-state index in [1.165, 1.54) is 6.08 Å². The second kappa shape index (κ2) is 5.43. The van der Waals surface area contributed by atoms with Gasteiger partial charge in [-0.25, -0.2) is 0 Å². The Morgan fingerprint density at radius 1 is 0.864 bits per heavy atom. The number of ketones is 2. The number of allylic oxidation sites excluding steroid dienone is 1. The Balaban J connectivity index is 0.000000254. The predicted octanol–water partition coefficient (Wildman–Crippen LogP) is -1.63. The molecular weight excluding hydrogens is 329 g/mol. The van der Waals surface area contributed by atoms with Crippen LogP contribution in [-0.2, 0) is 21.4 Å². The highest BCUT2D eigenvalue weighted by Crippen LogP contribution is 2.33. The van der Waals surface area contributed by atoms with Crippen LogP contribution in [0.25, 0.3) is 0 Å². The average molecular weight is 345 g/mol. The first kappa shape index (κ1) is 15.6. The smallest absolute Gasteiger partial charge is 0.319 e. The maximum Gasteiger partial charge on any atom is 0.319 e. The summed E-state index contributed by atoms with van der Waals surface area (Å²) in [4.78, 5) is 53.1. The van der Waals surface area contributed by atoms with Crippen molar-refractivity contribution in [1.82, 2.24) is 14.7 Å². The second-order valence-corrected chi connectivity index (χ2v) is 7.89. The van der Waals surface area contributed by atoms with Gasteiger partial charge in [0.2, 0.25) is 11.6 Å². The lowest BCUT2D eigenvalue weighted by atomic mass is 10.0. The molecule has 3 saturated heterocycles. The summed E-state index contributed by atoms with van der Waals surface area (Å²) in [7, 11) is 0. The first-order chi connectivity index (χ1) is 10.3. The molecule has 4 aliphatic rings. The maximum atomic E-state index is 12.4. The van der Waals surface area contributed by atoms with Crippen LogP contribution in [0.4, 0.5) is 0 Å². The van der Waals surface area contributed by atoms with Crippen LogP contribution in [-0.4, -0.2) is 80.2 Å². The highest BCUT2D eigenvalue weighted by atomic mass is 32.5. The molecule has 0 atom stereocenters. The van der Waals surface area contributed by atoms with Gasteiger partial charge in [-0.3, -0.25) is 9.59 Å². The lowest BCUT2D eigenvalue weighted by Crippen LogP contribution is -2.29. The van der Waals surface area contributed by atoms with Crippen molar-refractivity contribution in [3.63, 3.8) is 0 Å². The zero-order chi connectivity index (χ0) is 16.1. The topological polar surface area (TPSA) is 104 Å². The predicted molar refractivity (Wildman–Crippen MR) is 80.8 cm³/mol. The molecule has 0 saturated carbocycles. The van der Waals surface area contributed by atoms with E-state index in [2.05, 4.69) is 11.8 Å². The van der Waals surface area contributed by atoms with E-state index in [0.29, 0.717) is 17.1 Å². The molecule has 0 spiro atoms. The summed E-state index contributed by atoms with van der Waals surface area (Å²) in [6.07, 6.45) is 1.52. The number of nitrogens with zero attached hydrogens (tertiary/aromatic N) is 3. The molecule has 3 heterocycles. The zero-order valence-electron chi connectivity index (χ0n) is 11.7.